The van der Waals surface area contributed by atoms with Crippen LogP contribution in [0.1, 0.15) is 38.5 Å². The van der Waals surface area contributed by atoms with Gasteiger partial charge in [0, 0.05) is 13.0 Å². The Kier molecular flexibility index (Phi) is 12.2. The summed E-state index contributed by atoms with van der Waals surface area (Å²) in [5, 5.41) is 8.37. The SMILES string of the molecule is Cl.NC(N)=NCCCCCCCC(=O)O. The van der Waals surface area contributed by atoms with Crippen molar-refractivity contribution < 1.29 is 9.90 Å². The van der Waals surface area contributed by atoms with Crippen molar-refractivity contribution in [2.24, 2.45) is 16.5 Å². The Hall–Kier alpha value is -0.970. The van der Waals surface area contributed by atoms with Gasteiger partial charge in [-0.15, -0.1) is 12.4 Å². The zero-order chi connectivity index (χ0) is 10.8. The van der Waals surface area contributed by atoms with Crippen LogP contribution in [0.3, 0.4) is 0 Å². The molecule has 0 saturated carbocycles. The van der Waals surface area contributed by atoms with E-state index in [1.165, 1.54) is 0 Å². The normalized spacial score (nSPS) is 9.07. The van der Waals surface area contributed by atoms with Crippen LogP contribution in [0, 0.1) is 0 Å². The first-order valence-corrected chi connectivity index (χ1v) is 4.90. The van der Waals surface area contributed by atoms with Gasteiger partial charge in [-0.2, -0.15) is 0 Å². The Bertz CT molecular complexity index is 194. The average Bonchev–Trinajstić information content (AvgIpc) is 2.08. The molecular formula is C9H20ClN3O2. The number of hydrogen-bond acceptors (Lipinski definition) is 2. The number of halogens is 1. The molecule has 0 aromatic rings. The second kappa shape index (κ2) is 11.1. The van der Waals surface area contributed by atoms with E-state index in [1.54, 1.807) is 0 Å². The standard InChI is InChI=1S/C9H19N3O2.ClH/c10-9(11)12-7-5-3-1-2-4-6-8(13)14;/h1-7H2,(H,13,14)(H4,10,11,12);1H. The van der Waals surface area contributed by atoms with Gasteiger partial charge in [-0.1, -0.05) is 19.3 Å². The van der Waals surface area contributed by atoms with Gasteiger partial charge in [0.1, 0.15) is 0 Å². The summed E-state index contributed by atoms with van der Waals surface area (Å²) in [4.78, 5) is 14.0. The van der Waals surface area contributed by atoms with Crippen LogP contribution in [0.2, 0.25) is 0 Å². The zero-order valence-electron chi connectivity index (χ0n) is 8.82. The highest BCUT2D eigenvalue weighted by Crippen LogP contribution is 2.05. The molecule has 0 saturated heterocycles. The molecule has 0 spiro atoms. The number of hydrogen-bond donors (Lipinski definition) is 3. The van der Waals surface area contributed by atoms with Crippen LogP contribution in [0.4, 0.5) is 0 Å². The van der Waals surface area contributed by atoms with Gasteiger partial charge in [0.05, 0.1) is 0 Å². The van der Waals surface area contributed by atoms with Crippen molar-refractivity contribution in [3.63, 3.8) is 0 Å². The van der Waals surface area contributed by atoms with Crippen molar-refractivity contribution in [1.29, 1.82) is 0 Å². The minimum Gasteiger partial charge on any atom is -0.481 e. The maximum atomic E-state index is 10.2. The van der Waals surface area contributed by atoms with Crippen molar-refractivity contribution in [1.82, 2.24) is 0 Å². The average molecular weight is 238 g/mol. The van der Waals surface area contributed by atoms with E-state index in [0.717, 1.165) is 32.1 Å². The third kappa shape index (κ3) is 15.8. The van der Waals surface area contributed by atoms with E-state index in [4.69, 9.17) is 16.6 Å². The molecule has 6 heteroatoms. The quantitative estimate of drug-likeness (QED) is 0.334. The van der Waals surface area contributed by atoms with Crippen LogP contribution in [0.15, 0.2) is 4.99 Å². The molecule has 0 aliphatic carbocycles. The first-order valence-electron chi connectivity index (χ1n) is 4.90. The molecule has 0 aliphatic rings. The van der Waals surface area contributed by atoms with Crippen molar-refractivity contribution in [2.45, 2.75) is 38.5 Å². The predicted octanol–water partition coefficient (Wildman–Crippen LogP) is 1.11. The fraction of sp³-hybridized carbons (Fsp3) is 0.778. The molecule has 0 aliphatic heterocycles. The molecule has 0 unspecified atom stereocenters. The number of aliphatic imine (C=N–C) groups is 1. The van der Waals surface area contributed by atoms with Gasteiger partial charge in [-0.25, -0.2) is 0 Å². The van der Waals surface area contributed by atoms with Crippen LogP contribution in [0.25, 0.3) is 0 Å². The lowest BCUT2D eigenvalue weighted by Gasteiger charge is -1.98. The molecule has 15 heavy (non-hydrogen) atoms. The van der Waals surface area contributed by atoms with Gasteiger partial charge in [0.2, 0.25) is 0 Å². The number of nitrogens with zero attached hydrogens (tertiary/aromatic N) is 1. The molecular weight excluding hydrogens is 218 g/mol. The maximum absolute atomic E-state index is 10.2. The van der Waals surface area contributed by atoms with E-state index in [-0.39, 0.29) is 24.8 Å². The minimum absolute atomic E-state index is 0. The topological polar surface area (TPSA) is 102 Å². The van der Waals surface area contributed by atoms with Gasteiger partial charge in [0.25, 0.3) is 0 Å². The summed E-state index contributed by atoms with van der Waals surface area (Å²) in [5.41, 5.74) is 10.3. The summed E-state index contributed by atoms with van der Waals surface area (Å²) < 4.78 is 0. The first kappa shape index (κ1) is 16.5. The smallest absolute Gasteiger partial charge is 0.303 e. The summed E-state index contributed by atoms with van der Waals surface area (Å²) in [5.74, 6) is -0.582. The molecule has 0 atom stereocenters. The lowest BCUT2D eigenvalue weighted by Crippen LogP contribution is -2.22. The number of nitrogens with two attached hydrogens (primary N) is 2. The summed E-state index contributed by atoms with van der Waals surface area (Å²) in [6.45, 7) is 0.668. The van der Waals surface area contributed by atoms with Crippen LogP contribution in [-0.2, 0) is 4.79 Å². The Morgan fingerprint density at radius 2 is 1.60 bits per heavy atom. The van der Waals surface area contributed by atoms with E-state index in [0.29, 0.717) is 6.54 Å². The molecule has 0 bridgehead atoms. The van der Waals surface area contributed by atoms with Crippen LogP contribution < -0.4 is 11.5 Å². The molecule has 5 N–H and O–H groups in total. The number of aliphatic carboxylic acids is 1. The number of carboxylic acids is 1. The highest BCUT2D eigenvalue weighted by Gasteiger charge is 1.95. The lowest BCUT2D eigenvalue weighted by atomic mass is 10.1. The van der Waals surface area contributed by atoms with Crippen LogP contribution in [0.5, 0.6) is 0 Å². The molecule has 0 radical (unpaired) electrons. The monoisotopic (exact) mass is 237 g/mol. The lowest BCUT2D eigenvalue weighted by molar-refractivity contribution is -0.137. The largest absolute Gasteiger partial charge is 0.481 e. The van der Waals surface area contributed by atoms with Crippen LogP contribution >= 0.6 is 12.4 Å². The predicted molar refractivity (Wildman–Crippen MR) is 63.3 cm³/mol. The van der Waals surface area contributed by atoms with E-state index in [9.17, 15) is 4.79 Å². The van der Waals surface area contributed by atoms with E-state index in [2.05, 4.69) is 4.99 Å². The molecule has 0 heterocycles. The molecule has 0 aromatic carbocycles. The van der Waals surface area contributed by atoms with Gasteiger partial charge in [-0.05, 0) is 12.8 Å². The molecule has 0 fully saturated rings. The molecule has 0 rings (SSSR count). The Morgan fingerprint density at radius 3 is 2.13 bits per heavy atom. The van der Waals surface area contributed by atoms with Crippen molar-refractivity contribution in [2.75, 3.05) is 6.54 Å². The molecule has 90 valence electrons. The van der Waals surface area contributed by atoms with Crippen molar-refractivity contribution in [3.8, 4) is 0 Å². The Morgan fingerprint density at radius 1 is 1.07 bits per heavy atom. The van der Waals surface area contributed by atoms with Crippen LogP contribution in [-0.4, -0.2) is 23.6 Å². The summed E-state index contributed by atoms with van der Waals surface area (Å²) in [6, 6.07) is 0. The second-order valence-electron chi connectivity index (χ2n) is 3.22. The number of unbranched alkanes of at least 4 members (excludes halogenated alkanes) is 4. The third-order valence-electron chi connectivity index (χ3n) is 1.84. The highest BCUT2D eigenvalue weighted by atomic mass is 35.5. The second-order valence-corrected chi connectivity index (χ2v) is 3.22. The molecule has 0 amide bonds. The minimum atomic E-state index is -0.717. The summed E-state index contributed by atoms with van der Waals surface area (Å²) in [6.07, 6.45) is 5.06. The van der Waals surface area contributed by atoms with Gasteiger partial charge < -0.3 is 16.6 Å². The first-order chi connectivity index (χ1) is 6.63. The third-order valence-corrected chi connectivity index (χ3v) is 1.84. The molecule has 0 aromatic heterocycles. The van der Waals surface area contributed by atoms with Crippen molar-refractivity contribution >= 4 is 24.3 Å². The summed E-state index contributed by atoms with van der Waals surface area (Å²) in [7, 11) is 0. The number of carbonyl (C=O) groups is 1. The Balaban J connectivity index is 0. The van der Waals surface area contributed by atoms with Gasteiger partial charge in [-0.3, -0.25) is 9.79 Å². The Labute approximate surface area is 96.3 Å². The fourth-order valence-electron chi connectivity index (χ4n) is 1.13. The summed E-state index contributed by atoms with van der Waals surface area (Å²) >= 11 is 0. The number of rotatable bonds is 8. The number of carboxylic acid groups (broad SMARTS) is 1. The van der Waals surface area contributed by atoms with E-state index >= 15 is 0 Å². The van der Waals surface area contributed by atoms with Gasteiger partial charge >= 0.3 is 5.97 Å². The fourth-order valence-corrected chi connectivity index (χ4v) is 1.13. The highest BCUT2D eigenvalue weighted by molar-refractivity contribution is 5.85. The molecule has 5 nitrogen and oxygen atoms in total. The maximum Gasteiger partial charge on any atom is 0.303 e. The zero-order valence-corrected chi connectivity index (χ0v) is 9.63. The van der Waals surface area contributed by atoms with E-state index in [1.807, 2.05) is 0 Å². The van der Waals surface area contributed by atoms with E-state index < -0.39 is 5.97 Å². The van der Waals surface area contributed by atoms with Gasteiger partial charge in [0.15, 0.2) is 5.96 Å². The van der Waals surface area contributed by atoms with Crippen molar-refractivity contribution in [3.05, 3.63) is 0 Å². The number of guanidine groups is 1.